The molecule has 162 valence electrons. The molecular weight excluding hydrogens is 396 g/mol. The Morgan fingerprint density at radius 2 is 1.57 bits per heavy atom. The number of nitrogens with one attached hydrogen (secondary N) is 1. The lowest BCUT2D eigenvalue weighted by atomic mass is 10.00. The first-order valence-corrected chi connectivity index (χ1v) is 11.1. The van der Waals surface area contributed by atoms with Crippen molar-refractivity contribution in [3.05, 3.63) is 70.2 Å². The second kappa shape index (κ2) is 11.8. The molecule has 2 aromatic rings. The van der Waals surface area contributed by atoms with Crippen LogP contribution in [-0.2, 0) is 22.6 Å². The van der Waals surface area contributed by atoms with Gasteiger partial charge in [0.2, 0.25) is 11.8 Å². The molecule has 0 saturated heterocycles. The zero-order valence-corrected chi connectivity index (χ0v) is 19.2. The summed E-state index contributed by atoms with van der Waals surface area (Å²) in [5.74, 6) is 0.329. The van der Waals surface area contributed by atoms with Crippen molar-refractivity contribution in [1.29, 1.82) is 0 Å². The fraction of sp³-hybridized carbons (Fsp3) is 0.440. The molecule has 0 aliphatic carbocycles. The smallest absolute Gasteiger partial charge is 0.242 e. The fourth-order valence-corrected chi connectivity index (χ4v) is 3.36. The molecule has 0 heterocycles. The molecule has 2 aromatic carbocycles. The molecule has 0 spiro atoms. The highest BCUT2D eigenvalue weighted by atomic mass is 35.5. The summed E-state index contributed by atoms with van der Waals surface area (Å²) in [6.45, 7) is 9.11. The van der Waals surface area contributed by atoms with E-state index in [9.17, 15) is 9.59 Å². The number of rotatable bonds is 10. The van der Waals surface area contributed by atoms with E-state index in [4.69, 9.17) is 11.6 Å². The largest absolute Gasteiger partial charge is 0.354 e. The van der Waals surface area contributed by atoms with Gasteiger partial charge >= 0.3 is 0 Å². The fourth-order valence-electron chi connectivity index (χ4n) is 3.23. The maximum atomic E-state index is 13.1. The van der Waals surface area contributed by atoms with E-state index in [-0.39, 0.29) is 11.8 Å². The van der Waals surface area contributed by atoms with Crippen LogP contribution in [-0.4, -0.2) is 29.3 Å². The van der Waals surface area contributed by atoms with Gasteiger partial charge in [0.1, 0.15) is 6.04 Å². The van der Waals surface area contributed by atoms with Gasteiger partial charge in [-0.2, -0.15) is 0 Å². The molecular formula is C25H33ClN2O2. The summed E-state index contributed by atoms with van der Waals surface area (Å²) in [7, 11) is 0. The number of halogens is 1. The second-order valence-electron chi connectivity index (χ2n) is 8.01. The lowest BCUT2D eigenvalue weighted by Gasteiger charge is -2.29. The van der Waals surface area contributed by atoms with Crippen LogP contribution in [0.15, 0.2) is 48.5 Å². The molecule has 0 aromatic heterocycles. The van der Waals surface area contributed by atoms with Crippen LogP contribution in [0, 0.1) is 0 Å². The van der Waals surface area contributed by atoms with E-state index in [1.807, 2.05) is 19.1 Å². The molecule has 2 amide bonds. The summed E-state index contributed by atoms with van der Waals surface area (Å²) in [6, 6.07) is 15.3. The minimum atomic E-state index is -0.539. The highest BCUT2D eigenvalue weighted by molar-refractivity contribution is 6.30. The van der Waals surface area contributed by atoms with Crippen molar-refractivity contribution < 1.29 is 9.59 Å². The summed E-state index contributed by atoms with van der Waals surface area (Å²) in [5, 5.41) is 3.55. The Balaban J connectivity index is 2.09. The summed E-state index contributed by atoms with van der Waals surface area (Å²) in [4.78, 5) is 27.3. The molecule has 0 unspecified atom stereocenters. The molecule has 1 N–H and O–H groups in total. The van der Waals surface area contributed by atoms with Crippen molar-refractivity contribution in [3.63, 3.8) is 0 Å². The molecule has 0 saturated carbocycles. The van der Waals surface area contributed by atoms with Crippen molar-refractivity contribution >= 4 is 23.4 Å². The number of benzene rings is 2. The highest BCUT2D eigenvalue weighted by Crippen LogP contribution is 2.18. The minimum absolute atomic E-state index is 0.0305. The van der Waals surface area contributed by atoms with Gasteiger partial charge in [0.25, 0.3) is 0 Å². The van der Waals surface area contributed by atoms with E-state index in [0.29, 0.717) is 36.9 Å². The number of aryl methyl sites for hydroxylation is 1. The SMILES string of the molecule is CCCNC(=O)[C@@H](C)N(Cc1ccc(Cl)cc1)C(=O)CCc1ccc(C(C)C)cc1. The van der Waals surface area contributed by atoms with Crippen LogP contribution < -0.4 is 5.32 Å². The van der Waals surface area contributed by atoms with Gasteiger partial charge in [-0.1, -0.05) is 68.8 Å². The van der Waals surface area contributed by atoms with E-state index in [1.54, 1.807) is 24.0 Å². The van der Waals surface area contributed by atoms with Crippen molar-refractivity contribution in [2.24, 2.45) is 0 Å². The molecule has 2 rings (SSSR count). The second-order valence-corrected chi connectivity index (χ2v) is 8.45. The molecule has 0 radical (unpaired) electrons. The van der Waals surface area contributed by atoms with Crippen LogP contribution in [0.5, 0.6) is 0 Å². The number of hydrogen-bond donors (Lipinski definition) is 1. The van der Waals surface area contributed by atoms with Crippen molar-refractivity contribution in [3.8, 4) is 0 Å². The number of hydrogen-bond acceptors (Lipinski definition) is 2. The first kappa shape index (κ1) is 23.9. The van der Waals surface area contributed by atoms with Crippen molar-refractivity contribution in [2.45, 2.75) is 65.5 Å². The number of nitrogens with zero attached hydrogens (tertiary/aromatic N) is 1. The van der Waals surface area contributed by atoms with E-state index in [0.717, 1.165) is 17.5 Å². The zero-order valence-electron chi connectivity index (χ0n) is 18.5. The van der Waals surface area contributed by atoms with Crippen LogP contribution in [0.2, 0.25) is 5.02 Å². The van der Waals surface area contributed by atoms with Gasteiger partial charge < -0.3 is 10.2 Å². The van der Waals surface area contributed by atoms with E-state index >= 15 is 0 Å². The molecule has 0 bridgehead atoms. The Bertz CT molecular complexity index is 816. The van der Waals surface area contributed by atoms with Gasteiger partial charge in [0.15, 0.2) is 0 Å². The van der Waals surface area contributed by atoms with Crippen LogP contribution in [0.3, 0.4) is 0 Å². The predicted molar refractivity (Wildman–Crippen MR) is 124 cm³/mol. The van der Waals surface area contributed by atoms with Crippen LogP contribution >= 0.6 is 11.6 Å². The Kier molecular flexibility index (Phi) is 9.38. The zero-order chi connectivity index (χ0) is 22.1. The third kappa shape index (κ3) is 7.17. The van der Waals surface area contributed by atoms with Gasteiger partial charge in [-0.25, -0.2) is 0 Å². The third-order valence-electron chi connectivity index (χ3n) is 5.26. The van der Waals surface area contributed by atoms with Crippen molar-refractivity contribution in [1.82, 2.24) is 10.2 Å². The molecule has 0 aliphatic heterocycles. The summed E-state index contributed by atoms with van der Waals surface area (Å²) in [6.07, 6.45) is 1.87. The first-order chi connectivity index (χ1) is 14.3. The van der Waals surface area contributed by atoms with Gasteiger partial charge in [-0.15, -0.1) is 0 Å². The quantitative estimate of drug-likeness (QED) is 0.555. The Morgan fingerprint density at radius 1 is 0.967 bits per heavy atom. The lowest BCUT2D eigenvalue weighted by molar-refractivity contribution is -0.140. The summed E-state index contributed by atoms with van der Waals surface area (Å²) >= 11 is 5.98. The standard InChI is InChI=1S/C25H33ClN2O2/c1-5-16-27-25(30)19(4)28(17-21-8-13-23(26)14-9-21)24(29)15-10-20-6-11-22(12-7-20)18(2)3/h6-9,11-14,18-19H,5,10,15-17H2,1-4H3,(H,27,30)/t19-/m1/s1. The number of carbonyl (C=O) groups is 2. The van der Waals surface area contributed by atoms with E-state index < -0.39 is 6.04 Å². The van der Waals surface area contributed by atoms with Crippen molar-refractivity contribution in [2.75, 3.05) is 6.54 Å². The average Bonchev–Trinajstić information content (AvgIpc) is 2.75. The Morgan fingerprint density at radius 3 is 2.13 bits per heavy atom. The number of amides is 2. The van der Waals surface area contributed by atoms with Crippen LogP contribution in [0.1, 0.15) is 63.1 Å². The Hall–Kier alpha value is -2.33. The molecule has 5 heteroatoms. The normalized spacial score (nSPS) is 11.9. The maximum absolute atomic E-state index is 13.1. The van der Waals surface area contributed by atoms with Gasteiger partial charge in [-0.3, -0.25) is 9.59 Å². The topological polar surface area (TPSA) is 49.4 Å². The summed E-state index contributed by atoms with van der Waals surface area (Å²) < 4.78 is 0. The molecule has 4 nitrogen and oxygen atoms in total. The molecule has 0 aliphatic rings. The third-order valence-corrected chi connectivity index (χ3v) is 5.51. The van der Waals surface area contributed by atoms with E-state index in [1.165, 1.54) is 5.56 Å². The van der Waals surface area contributed by atoms with Gasteiger partial charge in [0, 0.05) is 24.5 Å². The number of carbonyl (C=O) groups excluding carboxylic acids is 2. The highest BCUT2D eigenvalue weighted by Gasteiger charge is 2.25. The minimum Gasteiger partial charge on any atom is -0.354 e. The predicted octanol–water partition coefficient (Wildman–Crippen LogP) is 5.34. The first-order valence-electron chi connectivity index (χ1n) is 10.7. The lowest BCUT2D eigenvalue weighted by Crippen LogP contribution is -2.47. The van der Waals surface area contributed by atoms with Gasteiger partial charge in [-0.05, 0) is 54.5 Å². The summed E-state index contributed by atoms with van der Waals surface area (Å²) in [5.41, 5.74) is 3.36. The van der Waals surface area contributed by atoms with E-state index in [2.05, 4.69) is 43.4 Å². The van der Waals surface area contributed by atoms with Gasteiger partial charge in [0.05, 0.1) is 0 Å². The monoisotopic (exact) mass is 428 g/mol. The molecule has 0 fully saturated rings. The molecule has 30 heavy (non-hydrogen) atoms. The Labute approximate surface area is 185 Å². The maximum Gasteiger partial charge on any atom is 0.242 e. The van der Waals surface area contributed by atoms with Crippen LogP contribution in [0.4, 0.5) is 0 Å². The van der Waals surface area contributed by atoms with Crippen LogP contribution in [0.25, 0.3) is 0 Å². The molecule has 1 atom stereocenters. The average molecular weight is 429 g/mol.